The first-order valence-electron chi connectivity index (χ1n) is 10.5. The fourth-order valence-corrected chi connectivity index (χ4v) is 3.66. The molecule has 0 aliphatic rings. The standard InChI is InChI=1S/C26H23FN2O4/c1-3-33-25-13-10-18(26(30)31)14-21(25)22-15-23(17-8-11-20(27)12-9-17)29(28-22)16-19-6-4-5-7-24(19)32-2/h4-15H,3,16H2,1-2H3,(H,30,31). The van der Waals surface area contributed by atoms with Crippen molar-refractivity contribution in [2.45, 2.75) is 13.5 Å². The summed E-state index contributed by atoms with van der Waals surface area (Å²) in [5.74, 6) is -0.105. The van der Waals surface area contributed by atoms with E-state index in [-0.39, 0.29) is 11.4 Å². The smallest absolute Gasteiger partial charge is 0.335 e. The summed E-state index contributed by atoms with van der Waals surface area (Å²) in [6.45, 7) is 2.69. The van der Waals surface area contributed by atoms with E-state index in [0.29, 0.717) is 30.2 Å². The normalized spacial score (nSPS) is 10.8. The van der Waals surface area contributed by atoms with Crippen molar-refractivity contribution in [2.75, 3.05) is 13.7 Å². The average molecular weight is 446 g/mol. The molecule has 1 heterocycles. The maximum atomic E-state index is 13.6. The fourth-order valence-electron chi connectivity index (χ4n) is 3.66. The van der Waals surface area contributed by atoms with Crippen molar-refractivity contribution < 1.29 is 23.8 Å². The lowest BCUT2D eigenvalue weighted by Crippen LogP contribution is -2.06. The number of aromatic nitrogens is 2. The van der Waals surface area contributed by atoms with Gasteiger partial charge in [0, 0.05) is 16.7 Å². The molecule has 0 fully saturated rings. The summed E-state index contributed by atoms with van der Waals surface area (Å²) in [6.07, 6.45) is 0. The maximum Gasteiger partial charge on any atom is 0.335 e. The molecule has 1 N–H and O–H groups in total. The average Bonchev–Trinajstić information content (AvgIpc) is 3.23. The number of rotatable bonds is 8. The molecule has 4 rings (SSSR count). The lowest BCUT2D eigenvalue weighted by Gasteiger charge is -2.11. The van der Waals surface area contributed by atoms with E-state index >= 15 is 0 Å². The Bertz CT molecular complexity index is 1280. The third kappa shape index (κ3) is 4.72. The van der Waals surface area contributed by atoms with E-state index in [1.807, 2.05) is 37.3 Å². The molecule has 0 amide bonds. The number of benzene rings is 3. The van der Waals surface area contributed by atoms with Gasteiger partial charge in [-0.15, -0.1) is 0 Å². The first-order chi connectivity index (χ1) is 16.0. The molecule has 0 aliphatic carbocycles. The van der Waals surface area contributed by atoms with Crippen LogP contribution in [0, 0.1) is 5.82 Å². The van der Waals surface area contributed by atoms with Gasteiger partial charge in [0.15, 0.2) is 0 Å². The van der Waals surface area contributed by atoms with Gasteiger partial charge in [0.2, 0.25) is 0 Å². The third-order valence-corrected chi connectivity index (χ3v) is 5.23. The molecule has 168 valence electrons. The number of carboxylic acid groups (broad SMARTS) is 1. The molecule has 0 radical (unpaired) electrons. The number of methoxy groups -OCH3 is 1. The minimum atomic E-state index is -1.04. The van der Waals surface area contributed by atoms with Gasteiger partial charge in [0.25, 0.3) is 0 Å². The monoisotopic (exact) mass is 446 g/mol. The highest BCUT2D eigenvalue weighted by Crippen LogP contribution is 2.34. The van der Waals surface area contributed by atoms with Gasteiger partial charge in [-0.1, -0.05) is 18.2 Å². The number of nitrogens with zero attached hydrogens (tertiary/aromatic N) is 2. The molecular weight excluding hydrogens is 423 g/mol. The lowest BCUT2D eigenvalue weighted by atomic mass is 10.1. The molecule has 0 saturated heterocycles. The van der Waals surface area contributed by atoms with E-state index in [2.05, 4.69) is 0 Å². The second-order valence-electron chi connectivity index (χ2n) is 7.34. The molecular formula is C26H23FN2O4. The van der Waals surface area contributed by atoms with Crippen LogP contribution in [-0.2, 0) is 6.54 Å². The molecule has 33 heavy (non-hydrogen) atoms. The van der Waals surface area contributed by atoms with Gasteiger partial charge in [-0.2, -0.15) is 5.10 Å². The van der Waals surface area contributed by atoms with Crippen LogP contribution < -0.4 is 9.47 Å². The molecule has 0 unspecified atom stereocenters. The minimum Gasteiger partial charge on any atom is -0.496 e. The van der Waals surface area contributed by atoms with Crippen LogP contribution >= 0.6 is 0 Å². The van der Waals surface area contributed by atoms with Gasteiger partial charge < -0.3 is 14.6 Å². The van der Waals surface area contributed by atoms with Gasteiger partial charge in [-0.05, 0) is 61.5 Å². The summed E-state index contributed by atoms with van der Waals surface area (Å²) >= 11 is 0. The largest absolute Gasteiger partial charge is 0.496 e. The van der Waals surface area contributed by atoms with Crippen LogP contribution in [0.2, 0.25) is 0 Å². The summed E-state index contributed by atoms with van der Waals surface area (Å²) in [7, 11) is 1.61. The highest BCUT2D eigenvalue weighted by atomic mass is 19.1. The SMILES string of the molecule is CCOc1ccc(C(=O)O)cc1-c1cc(-c2ccc(F)cc2)n(Cc2ccccc2OC)n1. The number of carboxylic acids is 1. The van der Waals surface area contributed by atoms with Crippen LogP contribution in [0.1, 0.15) is 22.8 Å². The van der Waals surface area contributed by atoms with Crippen LogP contribution in [0.5, 0.6) is 11.5 Å². The number of para-hydroxylation sites is 1. The van der Waals surface area contributed by atoms with E-state index < -0.39 is 5.97 Å². The Morgan fingerprint density at radius 3 is 2.48 bits per heavy atom. The van der Waals surface area contributed by atoms with Gasteiger partial charge in [0.05, 0.1) is 37.2 Å². The Morgan fingerprint density at radius 1 is 1.03 bits per heavy atom. The number of halogens is 1. The molecule has 4 aromatic rings. The zero-order valence-electron chi connectivity index (χ0n) is 18.3. The zero-order chi connectivity index (χ0) is 23.4. The van der Waals surface area contributed by atoms with Crippen molar-refractivity contribution in [3.63, 3.8) is 0 Å². The van der Waals surface area contributed by atoms with Crippen molar-refractivity contribution in [3.05, 3.63) is 89.7 Å². The van der Waals surface area contributed by atoms with Crippen LogP contribution in [0.15, 0.2) is 72.8 Å². The van der Waals surface area contributed by atoms with E-state index in [4.69, 9.17) is 14.6 Å². The zero-order valence-corrected chi connectivity index (χ0v) is 18.3. The summed E-state index contributed by atoms with van der Waals surface area (Å²) in [5.41, 5.74) is 3.70. The summed E-state index contributed by atoms with van der Waals surface area (Å²) in [5, 5.41) is 14.3. The van der Waals surface area contributed by atoms with Gasteiger partial charge >= 0.3 is 5.97 Å². The number of hydrogen-bond donors (Lipinski definition) is 1. The second kappa shape index (κ2) is 9.56. The molecule has 1 aromatic heterocycles. The number of carbonyl (C=O) groups is 1. The molecule has 6 nitrogen and oxygen atoms in total. The number of ether oxygens (including phenoxy) is 2. The van der Waals surface area contributed by atoms with E-state index in [0.717, 1.165) is 22.6 Å². The summed E-state index contributed by atoms with van der Waals surface area (Å²) < 4.78 is 26.6. The summed E-state index contributed by atoms with van der Waals surface area (Å²) in [4.78, 5) is 11.6. The van der Waals surface area contributed by atoms with E-state index in [1.165, 1.54) is 18.2 Å². The quantitative estimate of drug-likeness (QED) is 0.386. The Hall–Kier alpha value is -4.13. The lowest BCUT2D eigenvalue weighted by molar-refractivity contribution is 0.0697. The predicted octanol–water partition coefficient (Wildman–Crippen LogP) is 5.51. The topological polar surface area (TPSA) is 73.6 Å². The molecule has 3 aromatic carbocycles. The van der Waals surface area contributed by atoms with Crippen molar-refractivity contribution in [1.29, 1.82) is 0 Å². The second-order valence-corrected chi connectivity index (χ2v) is 7.34. The van der Waals surface area contributed by atoms with Crippen molar-refractivity contribution in [1.82, 2.24) is 9.78 Å². The van der Waals surface area contributed by atoms with Crippen LogP contribution in [0.4, 0.5) is 4.39 Å². The minimum absolute atomic E-state index is 0.135. The fraction of sp³-hybridized carbons (Fsp3) is 0.154. The Kier molecular flexibility index (Phi) is 6.40. The predicted molar refractivity (Wildman–Crippen MR) is 123 cm³/mol. The molecule has 0 atom stereocenters. The molecule has 7 heteroatoms. The van der Waals surface area contributed by atoms with Gasteiger partial charge in [-0.25, -0.2) is 9.18 Å². The van der Waals surface area contributed by atoms with Gasteiger partial charge in [0.1, 0.15) is 17.3 Å². The van der Waals surface area contributed by atoms with Crippen molar-refractivity contribution in [3.8, 4) is 34.0 Å². The van der Waals surface area contributed by atoms with Gasteiger partial charge in [-0.3, -0.25) is 4.68 Å². The van der Waals surface area contributed by atoms with Crippen molar-refractivity contribution in [2.24, 2.45) is 0 Å². The number of hydrogen-bond acceptors (Lipinski definition) is 4. The highest BCUT2D eigenvalue weighted by molar-refractivity contribution is 5.90. The maximum absolute atomic E-state index is 13.6. The van der Waals surface area contributed by atoms with Crippen LogP contribution in [0.3, 0.4) is 0 Å². The number of aromatic carboxylic acids is 1. The summed E-state index contributed by atoms with van der Waals surface area (Å²) in [6, 6.07) is 20.3. The van der Waals surface area contributed by atoms with E-state index in [1.54, 1.807) is 36.1 Å². The van der Waals surface area contributed by atoms with Crippen LogP contribution in [0.25, 0.3) is 22.5 Å². The van der Waals surface area contributed by atoms with Crippen molar-refractivity contribution >= 4 is 5.97 Å². The first kappa shape index (κ1) is 22.1. The third-order valence-electron chi connectivity index (χ3n) is 5.23. The first-order valence-corrected chi connectivity index (χ1v) is 10.5. The molecule has 0 spiro atoms. The van der Waals surface area contributed by atoms with E-state index in [9.17, 15) is 14.3 Å². The Morgan fingerprint density at radius 2 is 1.79 bits per heavy atom. The molecule has 0 bridgehead atoms. The Labute approximate surface area is 190 Å². The van der Waals surface area contributed by atoms with Crippen LogP contribution in [-0.4, -0.2) is 34.6 Å². The highest BCUT2D eigenvalue weighted by Gasteiger charge is 2.18. The molecule has 0 saturated carbocycles. The molecule has 0 aliphatic heterocycles. The Balaban J connectivity index is 1.87.